The summed E-state index contributed by atoms with van der Waals surface area (Å²) >= 11 is 1.38. The SMILES string of the molecule is N#CCOc1cccc(C=NNc2nc(N)cs2)c1. The maximum atomic E-state index is 8.44. The fourth-order valence-electron chi connectivity index (χ4n) is 1.30. The van der Waals surface area contributed by atoms with Crippen molar-refractivity contribution in [3.63, 3.8) is 0 Å². The number of nitrogens with zero attached hydrogens (tertiary/aromatic N) is 3. The van der Waals surface area contributed by atoms with Crippen LogP contribution in [0.5, 0.6) is 5.75 Å². The topological polar surface area (TPSA) is 96.3 Å². The molecular formula is C12H11N5OS. The fourth-order valence-corrected chi connectivity index (χ4v) is 1.85. The third-order valence-electron chi connectivity index (χ3n) is 2.06. The van der Waals surface area contributed by atoms with Crippen LogP contribution < -0.4 is 15.9 Å². The number of hydrogen-bond donors (Lipinski definition) is 2. The number of nitriles is 1. The number of anilines is 2. The minimum atomic E-state index is 0.0250. The van der Waals surface area contributed by atoms with Crippen molar-refractivity contribution >= 4 is 28.5 Å². The van der Waals surface area contributed by atoms with Crippen LogP contribution in [0, 0.1) is 11.3 Å². The number of benzene rings is 1. The number of rotatable bonds is 5. The van der Waals surface area contributed by atoms with Gasteiger partial charge in [0.15, 0.2) is 6.61 Å². The molecule has 0 saturated heterocycles. The molecule has 2 rings (SSSR count). The molecule has 2 aromatic rings. The average molecular weight is 273 g/mol. The Balaban J connectivity index is 1.96. The van der Waals surface area contributed by atoms with Gasteiger partial charge < -0.3 is 10.5 Å². The van der Waals surface area contributed by atoms with E-state index in [0.29, 0.717) is 16.7 Å². The molecule has 3 N–H and O–H groups in total. The molecule has 0 saturated carbocycles. The van der Waals surface area contributed by atoms with Crippen LogP contribution in [0.15, 0.2) is 34.7 Å². The van der Waals surface area contributed by atoms with Gasteiger partial charge in [0.2, 0.25) is 5.13 Å². The summed E-state index contributed by atoms with van der Waals surface area (Å²) in [6.45, 7) is 0.0250. The molecule has 6 nitrogen and oxygen atoms in total. The van der Waals surface area contributed by atoms with Gasteiger partial charge >= 0.3 is 0 Å². The summed E-state index contributed by atoms with van der Waals surface area (Å²) in [4.78, 5) is 4.01. The maximum absolute atomic E-state index is 8.44. The number of thiazole rings is 1. The van der Waals surface area contributed by atoms with Crippen molar-refractivity contribution in [3.8, 4) is 11.8 Å². The van der Waals surface area contributed by atoms with Crippen molar-refractivity contribution < 1.29 is 4.74 Å². The van der Waals surface area contributed by atoms with Crippen molar-refractivity contribution in [2.24, 2.45) is 5.10 Å². The number of aromatic nitrogens is 1. The van der Waals surface area contributed by atoms with Gasteiger partial charge in [0, 0.05) is 5.38 Å². The van der Waals surface area contributed by atoms with Crippen molar-refractivity contribution in [1.29, 1.82) is 5.26 Å². The summed E-state index contributed by atoms with van der Waals surface area (Å²) in [5.74, 6) is 1.10. The standard InChI is InChI=1S/C12H11N5OS/c13-4-5-18-10-3-1-2-9(6-10)7-15-17-12-16-11(14)8-19-12/h1-3,6-8H,5,14H2,(H,16,17). The molecule has 0 spiro atoms. The minimum absolute atomic E-state index is 0.0250. The third kappa shape index (κ3) is 3.97. The Morgan fingerprint density at radius 2 is 2.47 bits per heavy atom. The summed E-state index contributed by atoms with van der Waals surface area (Å²) in [7, 11) is 0. The Bertz CT molecular complexity index is 617. The van der Waals surface area contributed by atoms with E-state index in [1.807, 2.05) is 18.2 Å². The van der Waals surface area contributed by atoms with E-state index >= 15 is 0 Å². The van der Waals surface area contributed by atoms with Crippen LogP contribution in [-0.4, -0.2) is 17.8 Å². The van der Waals surface area contributed by atoms with Gasteiger partial charge in [-0.25, -0.2) is 4.98 Å². The zero-order valence-corrected chi connectivity index (χ0v) is 10.7. The van der Waals surface area contributed by atoms with Crippen molar-refractivity contribution in [1.82, 2.24) is 4.98 Å². The quantitative estimate of drug-likeness (QED) is 0.642. The first-order valence-corrected chi connectivity index (χ1v) is 6.26. The predicted octanol–water partition coefficient (Wildman–Crippen LogP) is 2.07. The van der Waals surface area contributed by atoms with Gasteiger partial charge in [-0.1, -0.05) is 12.1 Å². The van der Waals surface area contributed by atoms with E-state index in [-0.39, 0.29) is 6.61 Å². The lowest BCUT2D eigenvalue weighted by molar-refractivity contribution is 0.368. The Hall–Kier alpha value is -2.59. The molecule has 19 heavy (non-hydrogen) atoms. The smallest absolute Gasteiger partial charge is 0.205 e. The van der Waals surface area contributed by atoms with E-state index in [1.54, 1.807) is 23.7 Å². The Labute approximate surface area is 114 Å². The molecule has 96 valence electrons. The number of nitrogens with two attached hydrogens (primary N) is 1. The molecule has 7 heteroatoms. The second kappa shape index (κ2) is 6.37. The summed E-state index contributed by atoms with van der Waals surface area (Å²) < 4.78 is 5.19. The monoisotopic (exact) mass is 273 g/mol. The molecule has 1 aromatic carbocycles. The molecule has 0 aliphatic heterocycles. The first kappa shape index (κ1) is 12.9. The molecule has 0 aliphatic rings. The van der Waals surface area contributed by atoms with Gasteiger partial charge in [-0.3, -0.25) is 5.43 Å². The predicted molar refractivity (Wildman–Crippen MR) is 75.3 cm³/mol. The molecule has 0 bridgehead atoms. The second-order valence-corrected chi connectivity index (χ2v) is 4.32. The number of nitrogens with one attached hydrogen (secondary N) is 1. The molecule has 0 atom stereocenters. The van der Waals surface area contributed by atoms with Crippen LogP contribution >= 0.6 is 11.3 Å². The van der Waals surface area contributed by atoms with Crippen LogP contribution in [0.3, 0.4) is 0 Å². The van der Waals surface area contributed by atoms with Crippen molar-refractivity contribution in [2.45, 2.75) is 0 Å². The highest BCUT2D eigenvalue weighted by atomic mass is 32.1. The summed E-state index contributed by atoms with van der Waals surface area (Å²) in [5, 5.41) is 14.8. The zero-order valence-electron chi connectivity index (χ0n) is 9.91. The minimum Gasteiger partial charge on any atom is -0.479 e. The lowest BCUT2D eigenvalue weighted by Gasteiger charge is -2.01. The van der Waals surface area contributed by atoms with E-state index in [9.17, 15) is 0 Å². The lowest BCUT2D eigenvalue weighted by Crippen LogP contribution is -1.95. The molecule has 1 aromatic heterocycles. The number of nitrogen functional groups attached to an aromatic ring is 1. The molecule has 1 heterocycles. The molecule has 0 fully saturated rings. The van der Waals surface area contributed by atoms with E-state index in [1.165, 1.54) is 11.3 Å². The van der Waals surface area contributed by atoms with E-state index in [2.05, 4.69) is 15.5 Å². The number of hydrazone groups is 1. The van der Waals surface area contributed by atoms with Gasteiger partial charge in [-0.15, -0.1) is 11.3 Å². The second-order valence-electron chi connectivity index (χ2n) is 3.47. The zero-order chi connectivity index (χ0) is 13.5. The fraction of sp³-hybridized carbons (Fsp3) is 0.0833. The maximum Gasteiger partial charge on any atom is 0.205 e. The Kier molecular flexibility index (Phi) is 4.31. The van der Waals surface area contributed by atoms with Gasteiger partial charge in [-0.2, -0.15) is 10.4 Å². The van der Waals surface area contributed by atoms with E-state index in [4.69, 9.17) is 15.7 Å². The molecule has 0 unspecified atom stereocenters. The van der Waals surface area contributed by atoms with Gasteiger partial charge in [0.05, 0.1) is 6.21 Å². The molecule has 0 amide bonds. The summed E-state index contributed by atoms with van der Waals surface area (Å²) in [6, 6.07) is 9.19. The van der Waals surface area contributed by atoms with Crippen LogP contribution in [0.1, 0.15) is 5.56 Å². The molecular weight excluding hydrogens is 262 g/mol. The van der Waals surface area contributed by atoms with Gasteiger partial charge in [0.25, 0.3) is 0 Å². The highest BCUT2D eigenvalue weighted by molar-refractivity contribution is 7.14. The van der Waals surface area contributed by atoms with Crippen LogP contribution in [0.4, 0.5) is 10.9 Å². The Morgan fingerprint density at radius 1 is 1.58 bits per heavy atom. The van der Waals surface area contributed by atoms with E-state index < -0.39 is 0 Å². The van der Waals surface area contributed by atoms with Crippen molar-refractivity contribution in [2.75, 3.05) is 17.8 Å². The van der Waals surface area contributed by atoms with Crippen LogP contribution in [0.25, 0.3) is 0 Å². The lowest BCUT2D eigenvalue weighted by atomic mass is 10.2. The summed E-state index contributed by atoms with van der Waals surface area (Å²) in [5.41, 5.74) is 9.13. The molecule has 0 radical (unpaired) electrons. The van der Waals surface area contributed by atoms with E-state index in [0.717, 1.165) is 5.56 Å². The third-order valence-corrected chi connectivity index (χ3v) is 2.82. The number of ether oxygens (including phenoxy) is 1. The largest absolute Gasteiger partial charge is 0.479 e. The number of hydrogen-bond acceptors (Lipinski definition) is 7. The highest BCUT2D eigenvalue weighted by Gasteiger charge is 1.96. The van der Waals surface area contributed by atoms with Crippen LogP contribution in [0.2, 0.25) is 0 Å². The van der Waals surface area contributed by atoms with Crippen LogP contribution in [-0.2, 0) is 0 Å². The molecule has 0 aliphatic carbocycles. The summed E-state index contributed by atoms with van der Waals surface area (Å²) in [6.07, 6.45) is 1.64. The van der Waals surface area contributed by atoms with Gasteiger partial charge in [-0.05, 0) is 17.7 Å². The Morgan fingerprint density at radius 3 is 3.21 bits per heavy atom. The van der Waals surface area contributed by atoms with Crippen molar-refractivity contribution in [3.05, 3.63) is 35.2 Å². The first-order chi connectivity index (χ1) is 9.28. The average Bonchev–Trinajstić information content (AvgIpc) is 2.83. The van der Waals surface area contributed by atoms with Gasteiger partial charge in [0.1, 0.15) is 17.6 Å². The highest BCUT2D eigenvalue weighted by Crippen LogP contribution is 2.16. The normalized spacial score (nSPS) is 10.3. The first-order valence-electron chi connectivity index (χ1n) is 5.38.